The van der Waals surface area contributed by atoms with Crippen LogP contribution in [0.2, 0.25) is 0 Å². The van der Waals surface area contributed by atoms with Gasteiger partial charge in [0.05, 0.1) is 12.8 Å². The van der Waals surface area contributed by atoms with Gasteiger partial charge in [-0.25, -0.2) is 0 Å². The van der Waals surface area contributed by atoms with Crippen molar-refractivity contribution in [3.63, 3.8) is 0 Å². The van der Waals surface area contributed by atoms with Gasteiger partial charge in [0.2, 0.25) is 0 Å². The topological polar surface area (TPSA) is 60.5 Å². The number of anilines is 1. The Kier molecular flexibility index (Phi) is 5.07. The molecule has 0 radical (unpaired) electrons. The van der Waals surface area contributed by atoms with Crippen molar-refractivity contribution in [2.24, 2.45) is 0 Å². The predicted octanol–water partition coefficient (Wildman–Crippen LogP) is 4.27. The van der Waals surface area contributed by atoms with Crippen molar-refractivity contribution in [2.45, 2.75) is 26.9 Å². The molecule has 1 heterocycles. The number of methoxy groups -OCH3 is 1. The van der Waals surface area contributed by atoms with E-state index in [1.807, 2.05) is 44.2 Å². The second-order valence-corrected chi connectivity index (χ2v) is 6.29. The van der Waals surface area contributed by atoms with Crippen LogP contribution in [0, 0.1) is 13.8 Å². The van der Waals surface area contributed by atoms with E-state index in [9.17, 15) is 4.79 Å². The lowest BCUT2D eigenvalue weighted by molar-refractivity contribution is -0.122. The van der Waals surface area contributed by atoms with E-state index in [1.54, 1.807) is 26.3 Å². The Hall–Kier alpha value is -3.08. The summed E-state index contributed by atoms with van der Waals surface area (Å²) in [6.07, 6.45) is 1.06. The lowest BCUT2D eigenvalue weighted by atomic mass is 10.1. The molecule has 0 aliphatic carbocycles. The zero-order chi connectivity index (χ0) is 18.7. The summed E-state index contributed by atoms with van der Waals surface area (Å²) in [5, 5.41) is 3.74. The van der Waals surface area contributed by atoms with E-state index in [4.69, 9.17) is 9.47 Å². The molecule has 134 valence electrons. The number of carbonyl (C=O) groups excluding carboxylic acids is 1. The summed E-state index contributed by atoms with van der Waals surface area (Å²) in [7, 11) is 1.60. The Labute approximate surface area is 153 Å². The molecule has 0 saturated carbocycles. The highest BCUT2D eigenvalue weighted by molar-refractivity contribution is 6.04. The Bertz CT molecular complexity index is 933. The van der Waals surface area contributed by atoms with Crippen molar-refractivity contribution >= 4 is 22.5 Å². The van der Waals surface area contributed by atoms with Gasteiger partial charge in [0, 0.05) is 11.6 Å². The molecule has 0 aliphatic heterocycles. The third kappa shape index (κ3) is 3.77. The Morgan fingerprint density at radius 1 is 1.12 bits per heavy atom. The number of aryl methyl sites for hydroxylation is 2. The monoisotopic (exact) mass is 350 g/mol. The molecule has 3 aromatic rings. The highest BCUT2D eigenvalue weighted by Crippen LogP contribution is 2.30. The highest BCUT2D eigenvalue weighted by Gasteiger charge is 2.17. The number of carbonyl (C=O) groups is 1. The molecule has 2 aromatic carbocycles. The van der Waals surface area contributed by atoms with Gasteiger partial charge in [-0.2, -0.15) is 0 Å². The van der Waals surface area contributed by atoms with Gasteiger partial charge in [-0.1, -0.05) is 6.07 Å². The van der Waals surface area contributed by atoms with E-state index in [0.717, 1.165) is 16.5 Å². The molecule has 1 atom stereocenters. The largest absolute Gasteiger partial charge is 0.494 e. The van der Waals surface area contributed by atoms with E-state index < -0.39 is 6.10 Å². The third-order valence-electron chi connectivity index (χ3n) is 4.09. The Morgan fingerprint density at radius 2 is 1.85 bits per heavy atom. The summed E-state index contributed by atoms with van der Waals surface area (Å²) in [5.41, 5.74) is 3.57. The number of ether oxygens (including phenoxy) is 2. The summed E-state index contributed by atoms with van der Waals surface area (Å²) in [6, 6.07) is 13.2. The molecule has 1 amide bonds. The van der Waals surface area contributed by atoms with Crippen molar-refractivity contribution in [3.05, 3.63) is 59.8 Å². The normalized spacial score (nSPS) is 11.8. The number of amides is 1. The standard InChI is InChI=1S/C21H22N2O3/c1-13-10-14(2)12-16(11-13)26-15(3)21(24)23-18-7-8-19(25-4)20-17(18)6-5-9-22-20/h5-12,15H,1-4H3,(H,23,24)/t15-/m0/s1. The van der Waals surface area contributed by atoms with Crippen molar-refractivity contribution in [1.82, 2.24) is 4.98 Å². The summed E-state index contributed by atoms with van der Waals surface area (Å²) in [4.78, 5) is 16.9. The first-order valence-corrected chi connectivity index (χ1v) is 8.45. The molecule has 0 fully saturated rings. The molecule has 5 heteroatoms. The van der Waals surface area contributed by atoms with E-state index in [0.29, 0.717) is 22.7 Å². The zero-order valence-corrected chi connectivity index (χ0v) is 15.4. The number of hydrogen-bond donors (Lipinski definition) is 1. The summed E-state index contributed by atoms with van der Waals surface area (Å²) in [6.45, 7) is 5.74. The average Bonchev–Trinajstić information content (AvgIpc) is 2.61. The minimum atomic E-state index is -0.634. The molecule has 1 aromatic heterocycles. The fourth-order valence-electron chi connectivity index (χ4n) is 2.91. The molecule has 3 rings (SSSR count). The minimum absolute atomic E-state index is 0.223. The molecule has 0 saturated heterocycles. The minimum Gasteiger partial charge on any atom is -0.494 e. The van der Waals surface area contributed by atoms with Crippen LogP contribution in [0.15, 0.2) is 48.7 Å². The lowest BCUT2D eigenvalue weighted by Crippen LogP contribution is -2.30. The SMILES string of the molecule is COc1ccc(NC(=O)[C@H](C)Oc2cc(C)cc(C)c2)c2cccnc12. The fourth-order valence-corrected chi connectivity index (χ4v) is 2.91. The molecular weight excluding hydrogens is 328 g/mol. The molecule has 0 aliphatic rings. The maximum atomic E-state index is 12.6. The van der Waals surface area contributed by atoms with Gasteiger partial charge in [0.15, 0.2) is 6.10 Å². The second-order valence-electron chi connectivity index (χ2n) is 6.29. The van der Waals surface area contributed by atoms with Gasteiger partial charge in [-0.3, -0.25) is 9.78 Å². The van der Waals surface area contributed by atoms with Crippen LogP contribution in [-0.2, 0) is 4.79 Å². The van der Waals surface area contributed by atoms with Gasteiger partial charge in [0.1, 0.15) is 17.0 Å². The molecule has 0 unspecified atom stereocenters. The average molecular weight is 350 g/mol. The summed E-state index contributed by atoms with van der Waals surface area (Å²) in [5.74, 6) is 1.13. The first-order chi connectivity index (χ1) is 12.5. The lowest BCUT2D eigenvalue weighted by Gasteiger charge is -2.17. The molecule has 0 bridgehead atoms. The van der Waals surface area contributed by atoms with Crippen LogP contribution in [0.4, 0.5) is 5.69 Å². The van der Waals surface area contributed by atoms with Crippen LogP contribution in [0.5, 0.6) is 11.5 Å². The van der Waals surface area contributed by atoms with Gasteiger partial charge < -0.3 is 14.8 Å². The number of pyridine rings is 1. The quantitative estimate of drug-likeness (QED) is 0.747. The number of fused-ring (bicyclic) bond motifs is 1. The zero-order valence-electron chi connectivity index (χ0n) is 15.4. The molecule has 1 N–H and O–H groups in total. The van der Waals surface area contributed by atoms with Gasteiger partial charge in [-0.05, 0) is 68.3 Å². The first kappa shape index (κ1) is 17.7. The van der Waals surface area contributed by atoms with Gasteiger partial charge in [-0.15, -0.1) is 0 Å². The van der Waals surface area contributed by atoms with Crippen LogP contribution in [0.3, 0.4) is 0 Å². The molecule has 26 heavy (non-hydrogen) atoms. The Morgan fingerprint density at radius 3 is 2.54 bits per heavy atom. The number of hydrogen-bond acceptors (Lipinski definition) is 4. The van der Waals surface area contributed by atoms with Crippen LogP contribution in [0.25, 0.3) is 10.9 Å². The van der Waals surface area contributed by atoms with Crippen LogP contribution in [-0.4, -0.2) is 24.1 Å². The van der Waals surface area contributed by atoms with Gasteiger partial charge in [0.25, 0.3) is 5.91 Å². The van der Waals surface area contributed by atoms with Crippen molar-refractivity contribution < 1.29 is 14.3 Å². The number of nitrogens with one attached hydrogen (secondary N) is 1. The third-order valence-corrected chi connectivity index (χ3v) is 4.09. The first-order valence-electron chi connectivity index (χ1n) is 8.45. The highest BCUT2D eigenvalue weighted by atomic mass is 16.5. The molecule has 0 spiro atoms. The maximum absolute atomic E-state index is 12.6. The van der Waals surface area contributed by atoms with E-state index >= 15 is 0 Å². The summed E-state index contributed by atoms with van der Waals surface area (Å²) < 4.78 is 11.2. The van der Waals surface area contributed by atoms with Gasteiger partial charge >= 0.3 is 0 Å². The van der Waals surface area contributed by atoms with Crippen molar-refractivity contribution in [1.29, 1.82) is 0 Å². The summed E-state index contributed by atoms with van der Waals surface area (Å²) >= 11 is 0. The smallest absolute Gasteiger partial charge is 0.265 e. The second kappa shape index (κ2) is 7.44. The predicted molar refractivity (Wildman–Crippen MR) is 103 cm³/mol. The van der Waals surface area contributed by atoms with E-state index in [1.165, 1.54) is 0 Å². The Balaban J connectivity index is 1.80. The molecular formula is C21H22N2O3. The number of rotatable bonds is 5. The van der Waals surface area contributed by atoms with E-state index in [-0.39, 0.29) is 5.91 Å². The number of benzene rings is 2. The number of nitrogens with zero attached hydrogens (tertiary/aromatic N) is 1. The fraction of sp³-hybridized carbons (Fsp3) is 0.238. The van der Waals surface area contributed by atoms with Crippen LogP contribution in [0.1, 0.15) is 18.1 Å². The van der Waals surface area contributed by atoms with Crippen molar-refractivity contribution in [3.8, 4) is 11.5 Å². The number of aromatic nitrogens is 1. The van der Waals surface area contributed by atoms with E-state index in [2.05, 4.69) is 16.4 Å². The van der Waals surface area contributed by atoms with Crippen LogP contribution >= 0.6 is 0 Å². The van der Waals surface area contributed by atoms with Crippen LogP contribution < -0.4 is 14.8 Å². The van der Waals surface area contributed by atoms with Crippen molar-refractivity contribution in [2.75, 3.05) is 12.4 Å². The molecule has 5 nitrogen and oxygen atoms in total. The maximum Gasteiger partial charge on any atom is 0.265 e.